The topological polar surface area (TPSA) is 0 Å². The molecular weight excluding hydrogens is 180 g/mol. The highest BCUT2D eigenvalue weighted by Gasteiger charge is 2.22. The van der Waals surface area contributed by atoms with Crippen LogP contribution >= 0.6 is 0 Å². The third-order valence-electron chi connectivity index (χ3n) is 3.29. The summed E-state index contributed by atoms with van der Waals surface area (Å²) in [4.78, 5) is 0. The van der Waals surface area contributed by atoms with Crippen molar-refractivity contribution < 1.29 is 0 Å². The van der Waals surface area contributed by atoms with Crippen LogP contribution in [0.2, 0.25) is 0 Å². The number of benzene rings is 1. The number of hydrogen-bond acceptors (Lipinski definition) is 0. The fourth-order valence-corrected chi connectivity index (χ4v) is 2.66. The van der Waals surface area contributed by atoms with Crippen LogP contribution in [0.25, 0.3) is 6.08 Å². The van der Waals surface area contributed by atoms with Gasteiger partial charge in [-0.1, -0.05) is 57.2 Å². The Kier molecular flexibility index (Phi) is 2.95. The Morgan fingerprint density at radius 3 is 2.60 bits per heavy atom. The van der Waals surface area contributed by atoms with Gasteiger partial charge >= 0.3 is 0 Å². The van der Waals surface area contributed by atoms with Crippen molar-refractivity contribution >= 4 is 6.08 Å². The molecule has 2 atom stereocenters. The Labute approximate surface area is 93.0 Å². The summed E-state index contributed by atoms with van der Waals surface area (Å²) in [5.74, 6) is 2.19. The monoisotopic (exact) mass is 200 g/mol. The van der Waals surface area contributed by atoms with E-state index in [4.69, 9.17) is 0 Å². The first-order valence-electron chi connectivity index (χ1n) is 5.95. The zero-order chi connectivity index (χ0) is 10.8. The maximum atomic E-state index is 2.37. The first kappa shape index (κ1) is 10.5. The molecule has 0 radical (unpaired) electrons. The number of fused-ring (bicyclic) bond motifs is 1. The van der Waals surface area contributed by atoms with Crippen LogP contribution in [-0.4, -0.2) is 0 Å². The van der Waals surface area contributed by atoms with E-state index in [0.717, 1.165) is 11.8 Å². The summed E-state index contributed by atoms with van der Waals surface area (Å²) in [5, 5.41) is 0. The highest BCUT2D eigenvalue weighted by Crippen LogP contribution is 2.37. The summed E-state index contributed by atoms with van der Waals surface area (Å²) in [6.07, 6.45) is 5.96. The van der Waals surface area contributed by atoms with Gasteiger partial charge in [-0.2, -0.15) is 0 Å². The molecule has 0 heterocycles. The first-order chi connectivity index (χ1) is 7.18. The predicted molar refractivity (Wildman–Crippen MR) is 66.8 cm³/mol. The SMILES string of the molecule is CC(C)CC(C)C1C=Cc2ccccc21. The molecule has 0 amide bonds. The third kappa shape index (κ3) is 2.14. The number of allylic oxidation sites excluding steroid dienone is 1. The van der Waals surface area contributed by atoms with E-state index >= 15 is 0 Å². The van der Waals surface area contributed by atoms with Crippen molar-refractivity contribution in [2.75, 3.05) is 0 Å². The highest BCUT2D eigenvalue weighted by molar-refractivity contribution is 5.62. The van der Waals surface area contributed by atoms with Crippen molar-refractivity contribution in [1.29, 1.82) is 0 Å². The molecule has 0 saturated heterocycles. The molecule has 2 rings (SSSR count). The molecule has 1 aliphatic rings. The maximum absolute atomic E-state index is 2.37. The van der Waals surface area contributed by atoms with Crippen LogP contribution in [-0.2, 0) is 0 Å². The molecule has 0 aromatic heterocycles. The van der Waals surface area contributed by atoms with Crippen LogP contribution in [0.5, 0.6) is 0 Å². The van der Waals surface area contributed by atoms with Gasteiger partial charge in [0, 0.05) is 5.92 Å². The Morgan fingerprint density at radius 2 is 1.87 bits per heavy atom. The molecule has 0 spiro atoms. The molecular formula is C15H20. The largest absolute Gasteiger partial charge is 0.0761 e. The molecule has 80 valence electrons. The lowest BCUT2D eigenvalue weighted by atomic mass is 9.84. The molecule has 0 bridgehead atoms. The predicted octanol–water partition coefficient (Wildman–Crippen LogP) is 4.48. The van der Waals surface area contributed by atoms with E-state index in [1.807, 2.05) is 0 Å². The van der Waals surface area contributed by atoms with Gasteiger partial charge in [-0.3, -0.25) is 0 Å². The van der Waals surface area contributed by atoms with Gasteiger partial charge in [-0.15, -0.1) is 0 Å². The average molecular weight is 200 g/mol. The lowest BCUT2D eigenvalue weighted by Crippen LogP contribution is -2.08. The first-order valence-corrected chi connectivity index (χ1v) is 5.95. The second-order valence-electron chi connectivity index (χ2n) is 5.12. The molecule has 0 heteroatoms. The maximum Gasteiger partial charge on any atom is 0.00529 e. The Bertz CT molecular complexity index is 360. The average Bonchev–Trinajstić information content (AvgIpc) is 2.59. The Balaban J connectivity index is 2.17. The van der Waals surface area contributed by atoms with Crippen molar-refractivity contribution in [3.8, 4) is 0 Å². The molecule has 0 fully saturated rings. The minimum Gasteiger partial charge on any atom is -0.0761 e. The van der Waals surface area contributed by atoms with Crippen molar-refractivity contribution in [3.63, 3.8) is 0 Å². The minimum atomic E-state index is 0.642. The summed E-state index contributed by atoms with van der Waals surface area (Å²) < 4.78 is 0. The molecule has 1 aromatic carbocycles. The zero-order valence-electron chi connectivity index (χ0n) is 9.90. The molecule has 1 aliphatic carbocycles. The van der Waals surface area contributed by atoms with Gasteiger partial charge in [-0.05, 0) is 29.4 Å². The van der Waals surface area contributed by atoms with Crippen LogP contribution in [0.4, 0.5) is 0 Å². The standard InChI is InChI=1S/C15H20/c1-11(2)10-12(3)14-9-8-13-6-4-5-7-15(13)14/h4-9,11-12,14H,10H2,1-3H3. The van der Waals surface area contributed by atoms with Crippen molar-refractivity contribution in [1.82, 2.24) is 0 Å². The lowest BCUT2D eigenvalue weighted by molar-refractivity contribution is 0.410. The third-order valence-corrected chi connectivity index (χ3v) is 3.29. The van der Waals surface area contributed by atoms with E-state index in [1.54, 1.807) is 0 Å². The van der Waals surface area contributed by atoms with Crippen LogP contribution in [0.3, 0.4) is 0 Å². The van der Waals surface area contributed by atoms with E-state index < -0.39 is 0 Å². The molecule has 15 heavy (non-hydrogen) atoms. The van der Waals surface area contributed by atoms with Crippen molar-refractivity contribution in [2.24, 2.45) is 11.8 Å². The quantitative estimate of drug-likeness (QED) is 0.675. The van der Waals surface area contributed by atoms with Crippen molar-refractivity contribution in [2.45, 2.75) is 33.1 Å². The van der Waals surface area contributed by atoms with E-state index in [2.05, 4.69) is 57.2 Å². The fourth-order valence-electron chi connectivity index (χ4n) is 2.66. The van der Waals surface area contributed by atoms with Gasteiger partial charge in [0.15, 0.2) is 0 Å². The summed E-state index contributed by atoms with van der Waals surface area (Å²) in [5.41, 5.74) is 2.93. The molecule has 1 aromatic rings. The van der Waals surface area contributed by atoms with Crippen molar-refractivity contribution in [3.05, 3.63) is 41.5 Å². The van der Waals surface area contributed by atoms with Gasteiger partial charge in [0.05, 0.1) is 0 Å². The highest BCUT2D eigenvalue weighted by atomic mass is 14.3. The summed E-state index contributed by atoms with van der Waals surface area (Å²) in [7, 11) is 0. The minimum absolute atomic E-state index is 0.642. The van der Waals surface area contributed by atoms with Gasteiger partial charge < -0.3 is 0 Å². The molecule has 0 nitrogen and oxygen atoms in total. The molecule has 0 saturated carbocycles. The Morgan fingerprint density at radius 1 is 1.13 bits per heavy atom. The van der Waals surface area contributed by atoms with Crippen LogP contribution < -0.4 is 0 Å². The number of hydrogen-bond donors (Lipinski definition) is 0. The van der Waals surface area contributed by atoms with Gasteiger partial charge in [0.2, 0.25) is 0 Å². The summed E-state index contributed by atoms with van der Waals surface area (Å²) in [6, 6.07) is 8.77. The van der Waals surface area contributed by atoms with Gasteiger partial charge in [0.25, 0.3) is 0 Å². The second kappa shape index (κ2) is 4.22. The van der Waals surface area contributed by atoms with E-state index in [-0.39, 0.29) is 0 Å². The molecule has 0 N–H and O–H groups in total. The smallest absolute Gasteiger partial charge is 0.00529 e. The summed E-state index contributed by atoms with van der Waals surface area (Å²) in [6.45, 7) is 6.99. The Hall–Kier alpha value is -1.04. The van der Waals surface area contributed by atoms with Crippen LogP contribution in [0.15, 0.2) is 30.3 Å². The zero-order valence-corrected chi connectivity index (χ0v) is 9.90. The van der Waals surface area contributed by atoms with Crippen LogP contribution in [0.1, 0.15) is 44.2 Å². The fraction of sp³-hybridized carbons (Fsp3) is 0.467. The van der Waals surface area contributed by atoms with Crippen LogP contribution in [0, 0.1) is 11.8 Å². The summed E-state index contributed by atoms with van der Waals surface area (Å²) >= 11 is 0. The van der Waals surface area contributed by atoms with Gasteiger partial charge in [-0.25, -0.2) is 0 Å². The normalized spacial score (nSPS) is 20.7. The van der Waals surface area contributed by atoms with E-state index in [1.165, 1.54) is 17.5 Å². The number of rotatable bonds is 3. The molecule has 0 aliphatic heterocycles. The lowest BCUT2D eigenvalue weighted by Gasteiger charge is -2.21. The molecule has 2 unspecified atom stereocenters. The van der Waals surface area contributed by atoms with E-state index in [9.17, 15) is 0 Å². The second-order valence-corrected chi connectivity index (χ2v) is 5.12. The van der Waals surface area contributed by atoms with E-state index in [0.29, 0.717) is 5.92 Å². The van der Waals surface area contributed by atoms with Gasteiger partial charge in [0.1, 0.15) is 0 Å².